The highest BCUT2D eigenvalue weighted by Gasteiger charge is 2.16. The van der Waals surface area contributed by atoms with E-state index in [1.807, 2.05) is 4.90 Å². The van der Waals surface area contributed by atoms with Crippen molar-refractivity contribution in [1.82, 2.24) is 0 Å². The summed E-state index contributed by atoms with van der Waals surface area (Å²) in [6, 6.07) is 10.4. The quantitative estimate of drug-likeness (QED) is 0.560. The summed E-state index contributed by atoms with van der Waals surface area (Å²) in [7, 11) is 0. The lowest BCUT2D eigenvalue weighted by molar-refractivity contribution is -0.0499. The summed E-state index contributed by atoms with van der Waals surface area (Å²) < 4.78 is 48.9. The van der Waals surface area contributed by atoms with Gasteiger partial charge < -0.3 is 14.4 Å². The Kier molecular flexibility index (Phi) is 6.13. The van der Waals surface area contributed by atoms with Gasteiger partial charge in [-0.1, -0.05) is 18.2 Å². The lowest BCUT2D eigenvalue weighted by Crippen LogP contribution is -2.36. The van der Waals surface area contributed by atoms with Gasteiger partial charge in [0.25, 0.3) is 0 Å². The van der Waals surface area contributed by atoms with Crippen molar-refractivity contribution in [2.45, 2.75) is 6.61 Å². The number of alkyl halides is 2. The molecule has 0 aromatic heterocycles. The first-order valence-corrected chi connectivity index (χ1v) is 8.43. The van der Waals surface area contributed by atoms with Crippen LogP contribution in [0.3, 0.4) is 0 Å². The van der Waals surface area contributed by atoms with Gasteiger partial charge in [-0.05, 0) is 36.4 Å². The highest BCUT2D eigenvalue weighted by molar-refractivity contribution is 6.07. The maximum atomic E-state index is 14.4. The van der Waals surface area contributed by atoms with E-state index >= 15 is 0 Å². The van der Waals surface area contributed by atoms with Crippen LogP contribution in [0.4, 0.5) is 18.9 Å². The second-order valence-electron chi connectivity index (χ2n) is 5.88. The highest BCUT2D eigenvalue weighted by Crippen LogP contribution is 2.24. The molecule has 0 unspecified atom stereocenters. The topological polar surface area (TPSA) is 38.8 Å². The molecule has 27 heavy (non-hydrogen) atoms. The number of carbonyl (C=O) groups excluding carboxylic acids is 1. The summed E-state index contributed by atoms with van der Waals surface area (Å²) >= 11 is 0. The van der Waals surface area contributed by atoms with Gasteiger partial charge in [-0.2, -0.15) is 8.78 Å². The largest absolute Gasteiger partial charge is 0.434 e. The number of carbonyl (C=O) groups is 1. The van der Waals surface area contributed by atoms with Crippen molar-refractivity contribution < 1.29 is 27.4 Å². The van der Waals surface area contributed by atoms with E-state index in [9.17, 15) is 18.0 Å². The molecule has 0 spiro atoms. The summed E-state index contributed by atoms with van der Waals surface area (Å²) in [5, 5.41) is 0. The van der Waals surface area contributed by atoms with Crippen molar-refractivity contribution in [3.05, 3.63) is 65.5 Å². The molecule has 1 fully saturated rings. The van der Waals surface area contributed by atoms with Crippen LogP contribution in [0.15, 0.2) is 48.5 Å². The maximum Gasteiger partial charge on any atom is 0.387 e. The third kappa shape index (κ3) is 4.89. The second-order valence-corrected chi connectivity index (χ2v) is 5.88. The number of halogens is 3. The smallest absolute Gasteiger partial charge is 0.387 e. The Labute approximate surface area is 154 Å². The van der Waals surface area contributed by atoms with E-state index in [1.54, 1.807) is 30.3 Å². The number of anilines is 1. The Morgan fingerprint density at radius 3 is 2.59 bits per heavy atom. The van der Waals surface area contributed by atoms with E-state index in [2.05, 4.69) is 4.74 Å². The van der Waals surface area contributed by atoms with Crippen LogP contribution in [0.2, 0.25) is 0 Å². The first-order chi connectivity index (χ1) is 13.0. The molecule has 3 rings (SSSR count). The Morgan fingerprint density at radius 2 is 1.89 bits per heavy atom. The number of ether oxygens (including phenoxy) is 2. The molecule has 1 aliphatic heterocycles. The summed E-state index contributed by atoms with van der Waals surface area (Å²) in [6.07, 6.45) is 2.57. The van der Waals surface area contributed by atoms with Gasteiger partial charge in [0.05, 0.1) is 18.9 Å². The minimum absolute atomic E-state index is 0.0367. The summed E-state index contributed by atoms with van der Waals surface area (Å²) in [6.45, 7) is -0.723. The number of ketones is 1. The van der Waals surface area contributed by atoms with Gasteiger partial charge in [0.2, 0.25) is 0 Å². The molecule has 0 amide bonds. The zero-order valence-electron chi connectivity index (χ0n) is 14.4. The minimum atomic E-state index is -2.96. The predicted molar refractivity (Wildman–Crippen MR) is 95.9 cm³/mol. The average Bonchev–Trinajstić information content (AvgIpc) is 2.67. The number of allylic oxidation sites excluding steroid dienone is 1. The Bertz CT molecular complexity index is 833. The van der Waals surface area contributed by atoms with Crippen LogP contribution in [0, 0.1) is 5.82 Å². The lowest BCUT2D eigenvalue weighted by atomic mass is 10.1. The third-order valence-electron chi connectivity index (χ3n) is 4.13. The molecule has 1 heterocycles. The molecule has 7 heteroatoms. The fourth-order valence-corrected chi connectivity index (χ4v) is 2.80. The van der Waals surface area contributed by atoms with Crippen molar-refractivity contribution in [2.75, 3.05) is 31.2 Å². The number of hydrogen-bond donors (Lipinski definition) is 0. The van der Waals surface area contributed by atoms with E-state index in [4.69, 9.17) is 4.74 Å². The molecule has 2 aromatic rings. The molecule has 142 valence electrons. The van der Waals surface area contributed by atoms with Crippen LogP contribution in [-0.4, -0.2) is 38.7 Å². The van der Waals surface area contributed by atoms with E-state index in [1.165, 1.54) is 24.3 Å². The normalized spacial score (nSPS) is 14.7. The van der Waals surface area contributed by atoms with Gasteiger partial charge in [-0.25, -0.2) is 4.39 Å². The van der Waals surface area contributed by atoms with Gasteiger partial charge in [0.15, 0.2) is 5.78 Å². The van der Waals surface area contributed by atoms with Gasteiger partial charge in [-0.3, -0.25) is 4.79 Å². The zero-order chi connectivity index (χ0) is 19.2. The van der Waals surface area contributed by atoms with Crippen LogP contribution in [0.1, 0.15) is 15.9 Å². The first-order valence-electron chi connectivity index (χ1n) is 8.43. The fourth-order valence-electron chi connectivity index (χ4n) is 2.80. The Balaban J connectivity index is 1.75. The Morgan fingerprint density at radius 1 is 1.15 bits per heavy atom. The Hall–Kier alpha value is -2.80. The number of para-hydroxylation sites is 1. The SMILES string of the molecule is O=C(C=Cc1ccccc1OC(F)F)c1ccc(N2CCOCC2)c(F)c1. The fraction of sp³-hybridized carbons (Fsp3) is 0.250. The number of hydrogen-bond acceptors (Lipinski definition) is 4. The van der Waals surface area contributed by atoms with Gasteiger partial charge in [-0.15, -0.1) is 0 Å². The van der Waals surface area contributed by atoms with Gasteiger partial charge in [0.1, 0.15) is 11.6 Å². The van der Waals surface area contributed by atoms with E-state index in [0.29, 0.717) is 37.6 Å². The lowest BCUT2D eigenvalue weighted by Gasteiger charge is -2.29. The summed E-state index contributed by atoms with van der Waals surface area (Å²) in [4.78, 5) is 14.2. The van der Waals surface area contributed by atoms with E-state index < -0.39 is 18.2 Å². The highest BCUT2D eigenvalue weighted by atomic mass is 19.3. The van der Waals surface area contributed by atoms with Crippen molar-refractivity contribution in [3.63, 3.8) is 0 Å². The molecule has 0 aliphatic carbocycles. The molecular weight excluding hydrogens is 359 g/mol. The second kappa shape index (κ2) is 8.73. The molecule has 4 nitrogen and oxygen atoms in total. The van der Waals surface area contributed by atoms with Crippen molar-refractivity contribution in [1.29, 1.82) is 0 Å². The van der Waals surface area contributed by atoms with Crippen molar-refractivity contribution >= 4 is 17.5 Å². The molecular formula is C20H18F3NO3. The number of nitrogens with zero attached hydrogens (tertiary/aromatic N) is 1. The van der Waals surface area contributed by atoms with Crippen LogP contribution in [-0.2, 0) is 4.74 Å². The number of benzene rings is 2. The average molecular weight is 377 g/mol. The third-order valence-corrected chi connectivity index (χ3v) is 4.13. The van der Waals surface area contributed by atoms with Crippen LogP contribution in [0.25, 0.3) is 6.08 Å². The molecule has 0 saturated carbocycles. The summed E-state index contributed by atoms with van der Waals surface area (Å²) in [5.74, 6) is -0.961. The van der Waals surface area contributed by atoms with E-state index in [-0.39, 0.29) is 11.3 Å². The molecule has 0 atom stereocenters. The monoisotopic (exact) mass is 377 g/mol. The number of morpholine rings is 1. The van der Waals surface area contributed by atoms with Gasteiger partial charge >= 0.3 is 6.61 Å². The zero-order valence-corrected chi connectivity index (χ0v) is 14.4. The molecule has 2 aromatic carbocycles. The van der Waals surface area contributed by atoms with Crippen LogP contribution < -0.4 is 9.64 Å². The van der Waals surface area contributed by atoms with E-state index in [0.717, 1.165) is 0 Å². The maximum absolute atomic E-state index is 14.4. The van der Waals surface area contributed by atoms with Crippen molar-refractivity contribution in [3.8, 4) is 5.75 Å². The standard InChI is InChI=1S/C20H18F3NO3/c21-16-13-15(5-7-17(16)24-9-11-26-12-10-24)18(25)8-6-14-3-1-2-4-19(14)27-20(22)23/h1-8,13,20H,9-12H2. The van der Waals surface area contributed by atoms with Crippen LogP contribution in [0.5, 0.6) is 5.75 Å². The van der Waals surface area contributed by atoms with Crippen molar-refractivity contribution in [2.24, 2.45) is 0 Å². The van der Waals surface area contributed by atoms with Crippen LogP contribution >= 0.6 is 0 Å². The molecule has 1 aliphatic rings. The number of rotatable bonds is 6. The minimum Gasteiger partial charge on any atom is -0.434 e. The summed E-state index contributed by atoms with van der Waals surface area (Å²) in [5.41, 5.74) is 0.930. The molecule has 0 N–H and O–H groups in total. The molecule has 0 radical (unpaired) electrons. The van der Waals surface area contributed by atoms with Gasteiger partial charge in [0, 0.05) is 24.2 Å². The molecule has 0 bridgehead atoms. The first kappa shape index (κ1) is 19.0. The molecule has 1 saturated heterocycles. The predicted octanol–water partition coefficient (Wildman–Crippen LogP) is 4.16.